The van der Waals surface area contributed by atoms with Gasteiger partial charge in [-0.3, -0.25) is 4.79 Å². The Bertz CT molecular complexity index is 580. The van der Waals surface area contributed by atoms with Gasteiger partial charge in [-0.05, 0) is 11.4 Å². The molecule has 2 heterocycles. The Morgan fingerprint density at radius 3 is 2.79 bits per heavy atom. The van der Waals surface area contributed by atoms with Crippen LogP contribution >= 0.6 is 22.7 Å². The molecule has 0 aliphatic rings. The Hall–Kier alpha value is -1.77. The van der Waals surface area contributed by atoms with E-state index in [0.717, 1.165) is 0 Å². The second kappa shape index (κ2) is 5.91. The molecule has 2 aromatic rings. The number of hydrogen-bond acceptors (Lipinski definition) is 6. The van der Waals surface area contributed by atoms with Crippen molar-refractivity contribution in [3.8, 4) is 0 Å². The van der Waals surface area contributed by atoms with Gasteiger partial charge >= 0.3 is 5.97 Å². The van der Waals surface area contributed by atoms with Crippen LogP contribution in [0.1, 0.15) is 26.4 Å². The summed E-state index contributed by atoms with van der Waals surface area (Å²) >= 11 is 2.54. The van der Waals surface area contributed by atoms with Crippen LogP contribution in [0, 0.1) is 0 Å². The van der Waals surface area contributed by atoms with Crippen LogP contribution in [0.25, 0.3) is 0 Å². The molecule has 2 rings (SSSR count). The lowest BCUT2D eigenvalue weighted by Gasteiger charge is -2.11. The maximum absolute atomic E-state index is 11.9. The molecule has 100 valence electrons. The summed E-state index contributed by atoms with van der Waals surface area (Å²) in [7, 11) is 0. The van der Waals surface area contributed by atoms with E-state index in [1.807, 2.05) is 0 Å². The minimum absolute atomic E-state index is 0.188. The molecule has 1 atom stereocenters. The van der Waals surface area contributed by atoms with E-state index in [2.05, 4.69) is 10.3 Å². The molecule has 0 spiro atoms. The predicted molar refractivity (Wildman–Crippen MR) is 72.2 cm³/mol. The molecule has 2 aromatic heterocycles. The summed E-state index contributed by atoms with van der Waals surface area (Å²) < 4.78 is 0. The summed E-state index contributed by atoms with van der Waals surface area (Å²) in [5.74, 6) is -1.62. The molecule has 0 aromatic carbocycles. The largest absolute Gasteiger partial charge is 0.479 e. The molecule has 0 radical (unpaired) electrons. The molecule has 0 bridgehead atoms. The van der Waals surface area contributed by atoms with Gasteiger partial charge in [0.2, 0.25) is 0 Å². The highest BCUT2D eigenvalue weighted by Gasteiger charge is 2.24. The highest BCUT2D eigenvalue weighted by molar-refractivity contribution is 7.10. The average molecular weight is 297 g/mol. The zero-order chi connectivity index (χ0) is 13.8. The number of nitrogens with zero attached hydrogens (tertiary/aromatic N) is 1. The third-order valence-corrected chi connectivity index (χ3v) is 4.12. The molecular formula is C11H11N3O3S2. The second-order valence-corrected chi connectivity index (χ2v) is 5.51. The number of rotatable bonds is 5. The zero-order valence-electron chi connectivity index (χ0n) is 9.70. The Kier molecular flexibility index (Phi) is 4.25. The number of aromatic nitrogens is 1. The smallest absolute Gasteiger partial charge is 0.331 e. The van der Waals surface area contributed by atoms with Crippen LogP contribution in [0.3, 0.4) is 0 Å². The van der Waals surface area contributed by atoms with E-state index in [0.29, 0.717) is 9.88 Å². The van der Waals surface area contributed by atoms with Crippen molar-refractivity contribution in [1.29, 1.82) is 0 Å². The third-order valence-electron chi connectivity index (χ3n) is 2.31. The molecule has 0 saturated carbocycles. The summed E-state index contributed by atoms with van der Waals surface area (Å²) in [6.07, 6.45) is 0. The summed E-state index contributed by atoms with van der Waals surface area (Å²) in [6.45, 7) is 0.255. The van der Waals surface area contributed by atoms with E-state index in [1.165, 1.54) is 22.7 Å². The van der Waals surface area contributed by atoms with Crippen molar-refractivity contribution in [3.05, 3.63) is 38.5 Å². The van der Waals surface area contributed by atoms with E-state index in [1.54, 1.807) is 22.9 Å². The molecule has 4 N–H and O–H groups in total. The average Bonchev–Trinajstić information content (AvgIpc) is 3.05. The summed E-state index contributed by atoms with van der Waals surface area (Å²) in [6, 6.07) is 2.34. The van der Waals surface area contributed by atoms with Crippen LogP contribution in [0.15, 0.2) is 22.9 Å². The van der Waals surface area contributed by atoms with E-state index < -0.39 is 17.9 Å². The molecule has 0 aliphatic carbocycles. The molecule has 0 aliphatic heterocycles. The number of thiophene rings is 1. The van der Waals surface area contributed by atoms with Crippen molar-refractivity contribution in [2.45, 2.75) is 12.6 Å². The topological polar surface area (TPSA) is 105 Å². The number of amides is 1. The molecule has 8 heteroatoms. The first-order valence-electron chi connectivity index (χ1n) is 5.33. The number of carboxylic acids is 1. The SMILES string of the molecule is NCc1nc(C(=O)NC(C(=O)O)c2cccs2)cs1. The van der Waals surface area contributed by atoms with Crippen LogP contribution in [-0.2, 0) is 11.3 Å². The Morgan fingerprint density at radius 1 is 1.47 bits per heavy atom. The third kappa shape index (κ3) is 3.16. The molecular weight excluding hydrogens is 286 g/mol. The molecule has 0 saturated heterocycles. The van der Waals surface area contributed by atoms with Gasteiger partial charge in [0.05, 0.1) is 0 Å². The molecule has 6 nitrogen and oxygen atoms in total. The Balaban J connectivity index is 2.13. The van der Waals surface area contributed by atoms with Gasteiger partial charge in [0.1, 0.15) is 10.7 Å². The van der Waals surface area contributed by atoms with Gasteiger partial charge in [0.25, 0.3) is 5.91 Å². The van der Waals surface area contributed by atoms with Crippen LogP contribution in [0.5, 0.6) is 0 Å². The highest BCUT2D eigenvalue weighted by Crippen LogP contribution is 2.20. The Labute approximate surface area is 116 Å². The zero-order valence-corrected chi connectivity index (χ0v) is 11.3. The van der Waals surface area contributed by atoms with Crippen molar-refractivity contribution in [2.75, 3.05) is 0 Å². The second-order valence-electron chi connectivity index (χ2n) is 3.59. The lowest BCUT2D eigenvalue weighted by molar-refractivity contribution is -0.139. The number of carboxylic acid groups (broad SMARTS) is 1. The standard InChI is InChI=1S/C11H11N3O3S2/c12-4-8-13-6(5-19-8)10(15)14-9(11(16)17)7-2-1-3-18-7/h1-3,5,9H,4,12H2,(H,14,15)(H,16,17). The van der Waals surface area contributed by atoms with Crippen LogP contribution in [-0.4, -0.2) is 22.0 Å². The fourth-order valence-corrected chi connectivity index (χ4v) is 2.85. The lowest BCUT2D eigenvalue weighted by atomic mass is 10.2. The van der Waals surface area contributed by atoms with Gasteiger partial charge in [-0.2, -0.15) is 0 Å². The normalized spacial score (nSPS) is 12.1. The number of nitrogens with one attached hydrogen (secondary N) is 1. The first-order valence-corrected chi connectivity index (χ1v) is 7.09. The number of aliphatic carboxylic acids is 1. The van der Waals surface area contributed by atoms with Crippen LogP contribution in [0.4, 0.5) is 0 Å². The van der Waals surface area contributed by atoms with Crippen molar-refractivity contribution in [1.82, 2.24) is 10.3 Å². The van der Waals surface area contributed by atoms with Crippen LogP contribution in [0.2, 0.25) is 0 Å². The molecule has 0 fully saturated rings. The van der Waals surface area contributed by atoms with Gasteiger partial charge in [0.15, 0.2) is 6.04 Å². The van der Waals surface area contributed by atoms with E-state index in [-0.39, 0.29) is 12.2 Å². The summed E-state index contributed by atoms with van der Waals surface area (Å²) in [4.78, 5) is 27.7. The Morgan fingerprint density at radius 2 is 2.26 bits per heavy atom. The van der Waals surface area contributed by atoms with Crippen LogP contribution < -0.4 is 11.1 Å². The maximum atomic E-state index is 11.9. The van der Waals surface area contributed by atoms with E-state index in [9.17, 15) is 9.59 Å². The summed E-state index contributed by atoms with van der Waals surface area (Å²) in [5.41, 5.74) is 5.60. The number of carbonyl (C=O) groups is 2. The fraction of sp³-hybridized carbons (Fsp3) is 0.182. The van der Waals surface area contributed by atoms with E-state index >= 15 is 0 Å². The highest BCUT2D eigenvalue weighted by atomic mass is 32.1. The van der Waals surface area contributed by atoms with Gasteiger partial charge in [0, 0.05) is 16.8 Å². The van der Waals surface area contributed by atoms with Gasteiger partial charge < -0.3 is 16.2 Å². The predicted octanol–water partition coefficient (Wildman–Crippen LogP) is 1.22. The van der Waals surface area contributed by atoms with Gasteiger partial charge in [-0.1, -0.05) is 6.07 Å². The van der Waals surface area contributed by atoms with Crippen molar-refractivity contribution >= 4 is 34.6 Å². The maximum Gasteiger partial charge on any atom is 0.331 e. The fourth-order valence-electron chi connectivity index (χ4n) is 1.42. The van der Waals surface area contributed by atoms with Crippen molar-refractivity contribution in [2.24, 2.45) is 5.73 Å². The van der Waals surface area contributed by atoms with Gasteiger partial charge in [-0.15, -0.1) is 22.7 Å². The van der Waals surface area contributed by atoms with Crippen molar-refractivity contribution < 1.29 is 14.7 Å². The monoisotopic (exact) mass is 297 g/mol. The minimum atomic E-state index is -1.11. The quantitative estimate of drug-likeness (QED) is 0.769. The minimum Gasteiger partial charge on any atom is -0.479 e. The molecule has 1 amide bonds. The molecule has 1 unspecified atom stereocenters. The number of hydrogen-bond donors (Lipinski definition) is 3. The first-order chi connectivity index (χ1) is 9.11. The number of carbonyl (C=O) groups excluding carboxylic acids is 1. The van der Waals surface area contributed by atoms with Crippen molar-refractivity contribution in [3.63, 3.8) is 0 Å². The lowest BCUT2D eigenvalue weighted by Crippen LogP contribution is -2.33. The van der Waals surface area contributed by atoms with E-state index in [4.69, 9.17) is 10.8 Å². The number of nitrogens with two attached hydrogens (primary N) is 1. The number of thiazole rings is 1. The first kappa shape index (κ1) is 13.7. The molecule has 19 heavy (non-hydrogen) atoms. The summed E-state index contributed by atoms with van der Waals surface area (Å²) in [5, 5.41) is 15.5. The van der Waals surface area contributed by atoms with Gasteiger partial charge in [-0.25, -0.2) is 9.78 Å².